The summed E-state index contributed by atoms with van der Waals surface area (Å²) in [7, 11) is 0. The van der Waals surface area contributed by atoms with E-state index in [0.717, 1.165) is 44.8 Å². The van der Waals surface area contributed by atoms with E-state index in [2.05, 4.69) is 45.5 Å². The van der Waals surface area contributed by atoms with E-state index in [1.165, 1.54) is 4.68 Å². The minimum absolute atomic E-state index is 0.0665. The summed E-state index contributed by atoms with van der Waals surface area (Å²) in [5.74, 6) is 1.45. The Morgan fingerprint density at radius 1 is 1.05 bits per heavy atom. The van der Waals surface area contributed by atoms with Gasteiger partial charge in [0.25, 0.3) is 5.56 Å². The number of halogens is 3. The third kappa shape index (κ3) is 6.13. The number of rotatable bonds is 8. The smallest absolute Gasteiger partial charge is 0.282 e. The molecule has 0 saturated heterocycles. The summed E-state index contributed by atoms with van der Waals surface area (Å²) in [6, 6.07) is 20.9. The zero-order valence-electron chi connectivity index (χ0n) is 23.2. The van der Waals surface area contributed by atoms with Crippen LogP contribution >= 0.6 is 39.1 Å². The van der Waals surface area contributed by atoms with Crippen molar-refractivity contribution < 1.29 is 4.74 Å². The second-order valence-electron chi connectivity index (χ2n) is 9.98. The van der Waals surface area contributed by atoms with Crippen LogP contribution < -0.4 is 10.3 Å². The molecule has 3 aromatic carbocycles. The Kier molecular flexibility index (Phi) is 8.68. The van der Waals surface area contributed by atoms with E-state index in [-0.39, 0.29) is 11.5 Å². The van der Waals surface area contributed by atoms with E-state index in [1.807, 2.05) is 56.3 Å². The van der Waals surface area contributed by atoms with E-state index in [4.69, 9.17) is 32.9 Å². The van der Waals surface area contributed by atoms with Gasteiger partial charge in [-0.05, 0) is 80.9 Å². The van der Waals surface area contributed by atoms with Crippen molar-refractivity contribution in [2.24, 2.45) is 5.10 Å². The molecule has 0 N–H and O–H groups in total. The summed E-state index contributed by atoms with van der Waals surface area (Å²) in [4.78, 5) is 18.3. The van der Waals surface area contributed by atoms with E-state index >= 15 is 0 Å². The van der Waals surface area contributed by atoms with Crippen molar-refractivity contribution in [3.8, 4) is 11.4 Å². The minimum atomic E-state index is -0.188. The molecule has 0 bridgehead atoms. The Hall–Kier alpha value is -3.39. The lowest BCUT2D eigenvalue weighted by atomic mass is 10.1. The molecular formula is C32H29BrCl2N4O2. The second kappa shape index (κ2) is 12.2. The first-order chi connectivity index (χ1) is 19.7. The molecule has 0 amide bonds. The number of nitrogens with zero attached hydrogens (tertiary/aromatic N) is 4. The van der Waals surface area contributed by atoms with Gasteiger partial charge in [-0.25, -0.2) is 4.98 Å². The van der Waals surface area contributed by atoms with Gasteiger partial charge in [-0.2, -0.15) is 9.78 Å². The summed E-state index contributed by atoms with van der Waals surface area (Å²) >= 11 is 15.7. The molecule has 0 fully saturated rings. The number of benzene rings is 3. The first-order valence-electron chi connectivity index (χ1n) is 13.3. The predicted molar refractivity (Wildman–Crippen MR) is 171 cm³/mol. The highest BCUT2D eigenvalue weighted by molar-refractivity contribution is 9.10. The fourth-order valence-electron chi connectivity index (χ4n) is 4.71. The highest BCUT2D eigenvalue weighted by atomic mass is 79.9. The van der Waals surface area contributed by atoms with Crippen molar-refractivity contribution in [3.05, 3.63) is 120 Å². The molecule has 0 aliphatic carbocycles. The number of hydrogen-bond donors (Lipinski definition) is 0. The fraction of sp³-hybridized carbons (Fsp3) is 0.219. The van der Waals surface area contributed by atoms with Crippen LogP contribution in [0.1, 0.15) is 54.5 Å². The summed E-state index contributed by atoms with van der Waals surface area (Å²) in [5.41, 5.74) is 5.30. The lowest BCUT2D eigenvalue weighted by molar-refractivity contribution is 0.306. The molecule has 0 unspecified atom stereocenters. The van der Waals surface area contributed by atoms with Gasteiger partial charge in [0.15, 0.2) is 0 Å². The third-order valence-corrected chi connectivity index (χ3v) is 8.25. The SMILES string of the molecule is CC[C@@H](C)c1nc2ccc(Br)cc2c(=O)n1N=Cc1cc(C)n(-c2ccc(OCc3ccc(Cl)cc3Cl)cc2)c1C. The van der Waals surface area contributed by atoms with Gasteiger partial charge in [0, 0.05) is 48.6 Å². The maximum atomic E-state index is 13.5. The zero-order chi connectivity index (χ0) is 29.3. The number of hydrogen-bond acceptors (Lipinski definition) is 4. The van der Waals surface area contributed by atoms with Gasteiger partial charge in [-0.1, -0.05) is 59.0 Å². The molecule has 210 valence electrons. The number of fused-ring (bicyclic) bond motifs is 1. The first kappa shape index (κ1) is 29.1. The number of aromatic nitrogens is 3. The van der Waals surface area contributed by atoms with E-state index < -0.39 is 0 Å². The molecular weight excluding hydrogens is 623 g/mol. The Morgan fingerprint density at radius 3 is 2.51 bits per heavy atom. The van der Waals surface area contributed by atoms with Gasteiger partial charge >= 0.3 is 0 Å². The molecule has 2 heterocycles. The van der Waals surface area contributed by atoms with Crippen molar-refractivity contribution >= 4 is 56.2 Å². The van der Waals surface area contributed by atoms with Crippen LogP contribution in [0.25, 0.3) is 16.6 Å². The van der Waals surface area contributed by atoms with Crippen LogP contribution in [0.15, 0.2) is 81.1 Å². The van der Waals surface area contributed by atoms with Crippen LogP contribution in [0, 0.1) is 13.8 Å². The molecule has 1 atom stereocenters. The van der Waals surface area contributed by atoms with E-state index in [1.54, 1.807) is 24.4 Å². The van der Waals surface area contributed by atoms with Gasteiger partial charge in [-0.3, -0.25) is 4.79 Å². The van der Waals surface area contributed by atoms with Crippen molar-refractivity contribution in [2.45, 2.75) is 46.6 Å². The van der Waals surface area contributed by atoms with Crippen molar-refractivity contribution in [1.82, 2.24) is 14.2 Å². The van der Waals surface area contributed by atoms with Crippen molar-refractivity contribution in [1.29, 1.82) is 0 Å². The summed E-state index contributed by atoms with van der Waals surface area (Å²) < 4.78 is 10.4. The average molecular weight is 652 g/mol. The largest absolute Gasteiger partial charge is 0.489 e. The topological polar surface area (TPSA) is 61.4 Å². The Morgan fingerprint density at radius 2 is 1.80 bits per heavy atom. The molecule has 5 aromatic rings. The molecule has 2 aromatic heterocycles. The van der Waals surface area contributed by atoms with Gasteiger partial charge in [0.1, 0.15) is 18.2 Å². The van der Waals surface area contributed by atoms with Crippen LogP contribution in [0.2, 0.25) is 10.0 Å². The standard InChI is InChI=1S/C32H29BrCl2N4O2/c1-5-19(2)31-37-30-13-7-24(33)15-28(30)32(40)39(31)36-17-23-14-20(3)38(21(23)4)26-9-11-27(12-10-26)41-18-22-6-8-25(34)16-29(22)35/h6-17,19H,5,18H2,1-4H3/t19-/m1/s1. The molecule has 0 aliphatic rings. The lowest BCUT2D eigenvalue weighted by Gasteiger charge is -2.14. The van der Waals surface area contributed by atoms with Crippen molar-refractivity contribution in [3.63, 3.8) is 0 Å². The van der Waals surface area contributed by atoms with E-state index in [0.29, 0.717) is 33.4 Å². The summed E-state index contributed by atoms with van der Waals surface area (Å²) in [6.07, 6.45) is 2.58. The van der Waals surface area contributed by atoms with Crippen LogP contribution in [0.3, 0.4) is 0 Å². The molecule has 9 heteroatoms. The summed E-state index contributed by atoms with van der Waals surface area (Å²) in [6.45, 7) is 8.56. The maximum absolute atomic E-state index is 13.5. The molecule has 0 spiro atoms. The van der Waals surface area contributed by atoms with Crippen LogP contribution in [-0.2, 0) is 6.61 Å². The molecule has 0 aliphatic heterocycles. The minimum Gasteiger partial charge on any atom is -0.489 e. The summed E-state index contributed by atoms with van der Waals surface area (Å²) in [5, 5.41) is 6.35. The Bertz CT molecular complexity index is 1830. The maximum Gasteiger partial charge on any atom is 0.282 e. The average Bonchev–Trinajstić information content (AvgIpc) is 3.24. The number of ether oxygens (including phenoxy) is 1. The Balaban J connectivity index is 1.42. The number of aryl methyl sites for hydroxylation is 1. The van der Waals surface area contributed by atoms with Gasteiger partial charge in [0.05, 0.1) is 17.1 Å². The second-order valence-corrected chi connectivity index (χ2v) is 11.7. The zero-order valence-corrected chi connectivity index (χ0v) is 26.3. The van der Waals surface area contributed by atoms with E-state index in [9.17, 15) is 4.79 Å². The van der Waals surface area contributed by atoms with Crippen LogP contribution in [-0.4, -0.2) is 20.4 Å². The molecule has 5 rings (SSSR count). The quantitative estimate of drug-likeness (QED) is 0.158. The van der Waals surface area contributed by atoms with Gasteiger partial charge in [-0.15, -0.1) is 0 Å². The lowest BCUT2D eigenvalue weighted by Crippen LogP contribution is -2.23. The molecule has 6 nitrogen and oxygen atoms in total. The van der Waals surface area contributed by atoms with Gasteiger partial charge < -0.3 is 9.30 Å². The van der Waals surface area contributed by atoms with Gasteiger partial charge in [0.2, 0.25) is 0 Å². The fourth-order valence-corrected chi connectivity index (χ4v) is 5.53. The van der Waals surface area contributed by atoms with Crippen LogP contribution in [0.4, 0.5) is 0 Å². The molecule has 0 saturated carbocycles. The highest BCUT2D eigenvalue weighted by Gasteiger charge is 2.16. The highest BCUT2D eigenvalue weighted by Crippen LogP contribution is 2.26. The Labute approximate surface area is 257 Å². The molecule has 41 heavy (non-hydrogen) atoms. The monoisotopic (exact) mass is 650 g/mol. The normalized spacial score (nSPS) is 12.4. The molecule has 0 radical (unpaired) electrons. The first-order valence-corrected chi connectivity index (χ1v) is 14.8. The third-order valence-electron chi connectivity index (χ3n) is 7.17. The van der Waals surface area contributed by atoms with Crippen LogP contribution in [0.5, 0.6) is 5.75 Å². The predicted octanol–water partition coefficient (Wildman–Crippen LogP) is 8.85. The van der Waals surface area contributed by atoms with Crippen molar-refractivity contribution in [2.75, 3.05) is 0 Å².